The summed E-state index contributed by atoms with van der Waals surface area (Å²) in [6.45, 7) is 12.5. The van der Waals surface area contributed by atoms with Crippen LogP contribution >= 0.6 is 0 Å². The Morgan fingerprint density at radius 2 is 1.54 bits per heavy atom. The van der Waals surface area contributed by atoms with Gasteiger partial charge in [0.1, 0.15) is 18.3 Å². The number of nitrogens with zero attached hydrogens (tertiary/aromatic N) is 1. The molecule has 0 saturated carbocycles. The third-order valence-corrected chi connectivity index (χ3v) is 5.07. The van der Waals surface area contributed by atoms with Gasteiger partial charge >= 0.3 is 0 Å². The van der Waals surface area contributed by atoms with Crippen molar-refractivity contribution >= 4 is 17.4 Å². The van der Waals surface area contributed by atoms with Gasteiger partial charge in [-0.15, -0.1) is 0 Å². The molecule has 0 bridgehead atoms. The van der Waals surface area contributed by atoms with Gasteiger partial charge in [-0.05, 0) is 42.8 Å². The van der Waals surface area contributed by atoms with Gasteiger partial charge in [0.25, 0.3) is 5.69 Å². The number of aromatic nitrogens is 1. The molecule has 0 radical (unpaired) electrons. The monoisotopic (exact) mass is 479 g/mol. The van der Waals surface area contributed by atoms with Crippen molar-refractivity contribution < 1.29 is 14.7 Å². The molecule has 0 spiro atoms. The van der Waals surface area contributed by atoms with Crippen molar-refractivity contribution in [3.63, 3.8) is 0 Å². The second-order valence-corrected chi connectivity index (χ2v) is 7.29. The molecule has 0 amide bonds. The molecule has 3 rings (SSSR count). The van der Waals surface area contributed by atoms with E-state index in [1.54, 1.807) is 31.3 Å². The average Bonchev–Trinajstić information content (AvgIpc) is 2.88. The van der Waals surface area contributed by atoms with Crippen molar-refractivity contribution in [2.24, 2.45) is 11.5 Å². The van der Waals surface area contributed by atoms with Gasteiger partial charge in [0.2, 0.25) is 6.20 Å². The van der Waals surface area contributed by atoms with Gasteiger partial charge in [0.05, 0.1) is 0 Å². The highest BCUT2D eigenvalue weighted by molar-refractivity contribution is 5.95. The highest BCUT2D eigenvalue weighted by Crippen LogP contribution is 2.25. The van der Waals surface area contributed by atoms with Crippen LogP contribution in [0, 0.1) is 24.7 Å². The minimum Gasteiger partial charge on any atom is -0.482 e. The van der Waals surface area contributed by atoms with E-state index in [1.807, 2.05) is 65.0 Å². The molecular weight excluding hydrogens is 440 g/mol. The molecule has 1 heterocycles. The van der Waals surface area contributed by atoms with E-state index in [9.17, 15) is 5.21 Å². The van der Waals surface area contributed by atoms with E-state index in [0.29, 0.717) is 29.1 Å². The number of nitrogen functional groups attached to an aromatic ring is 2. The fourth-order valence-electron chi connectivity index (χ4n) is 3.20. The summed E-state index contributed by atoms with van der Waals surface area (Å²) in [7, 11) is 0. The lowest BCUT2D eigenvalue weighted by molar-refractivity contribution is -0.909. The van der Waals surface area contributed by atoms with Crippen molar-refractivity contribution in [2.75, 3.05) is 5.32 Å². The highest BCUT2D eigenvalue weighted by Gasteiger charge is 2.21. The van der Waals surface area contributed by atoms with Crippen molar-refractivity contribution in [1.29, 1.82) is 10.8 Å². The Kier molecular flexibility index (Phi) is 11.8. The van der Waals surface area contributed by atoms with E-state index < -0.39 is 0 Å². The second kappa shape index (κ2) is 14.2. The summed E-state index contributed by atoms with van der Waals surface area (Å²) < 4.78 is 7.11. The Labute approximate surface area is 208 Å². The summed E-state index contributed by atoms with van der Waals surface area (Å²) >= 11 is 0. The zero-order valence-corrected chi connectivity index (χ0v) is 21.6. The van der Waals surface area contributed by atoms with Gasteiger partial charge in [0.15, 0.2) is 5.75 Å². The van der Waals surface area contributed by atoms with Crippen molar-refractivity contribution in [2.45, 2.75) is 54.7 Å². The summed E-state index contributed by atoms with van der Waals surface area (Å²) in [4.78, 5) is 0. The minimum absolute atomic E-state index is 0.00631. The number of hydrogen-bond donors (Lipinski definition) is 6. The van der Waals surface area contributed by atoms with Crippen LogP contribution in [-0.2, 0) is 13.2 Å². The molecule has 0 saturated heterocycles. The molecule has 8 heteroatoms. The van der Waals surface area contributed by atoms with Crippen molar-refractivity contribution in [3.05, 3.63) is 88.2 Å². The standard InChI is InChI=1S/C23H27N6O2.2C2H6/c1-14-19(11-28-20-8-6-17(7-9-20)22(24)25)12-29(30)15(2)21(14)31-13-16-4-3-5-18(10-16)23(26)27;2*1-2/h3-10,12,28,30H,11,13H2,1-2H3,(H3,24,25)(H3,26,27);2*1-2H3/q+1;;. The van der Waals surface area contributed by atoms with E-state index in [0.717, 1.165) is 27.1 Å². The molecule has 0 aliphatic carbocycles. The quantitative estimate of drug-likeness (QED) is 0.121. The van der Waals surface area contributed by atoms with E-state index in [4.69, 9.17) is 27.0 Å². The topological polar surface area (TPSA) is 145 Å². The molecule has 188 valence electrons. The fraction of sp³-hybridized carbons (Fsp3) is 0.296. The van der Waals surface area contributed by atoms with Crippen LogP contribution < -0.4 is 26.3 Å². The maximum atomic E-state index is 10.3. The summed E-state index contributed by atoms with van der Waals surface area (Å²) in [6, 6.07) is 14.6. The number of rotatable bonds is 8. The number of nitrogens with two attached hydrogens (primary N) is 2. The third-order valence-electron chi connectivity index (χ3n) is 5.07. The van der Waals surface area contributed by atoms with Crippen molar-refractivity contribution in [1.82, 2.24) is 0 Å². The third kappa shape index (κ3) is 8.03. The number of benzene rings is 2. The van der Waals surface area contributed by atoms with Crippen molar-refractivity contribution in [3.8, 4) is 5.75 Å². The number of pyridine rings is 1. The van der Waals surface area contributed by atoms with Gasteiger partial charge < -0.3 is 21.5 Å². The molecule has 0 unspecified atom stereocenters. The Morgan fingerprint density at radius 1 is 0.943 bits per heavy atom. The van der Waals surface area contributed by atoms with Crippen LogP contribution in [0.25, 0.3) is 0 Å². The highest BCUT2D eigenvalue weighted by atomic mass is 16.5. The predicted octanol–water partition coefficient (Wildman–Crippen LogP) is 4.64. The molecule has 8 nitrogen and oxygen atoms in total. The van der Waals surface area contributed by atoms with Crippen LogP contribution in [0.5, 0.6) is 5.75 Å². The minimum atomic E-state index is 0.00631. The lowest BCUT2D eigenvalue weighted by atomic mass is 10.1. The zero-order valence-electron chi connectivity index (χ0n) is 21.6. The normalized spacial score (nSPS) is 9.66. The van der Waals surface area contributed by atoms with Crippen LogP contribution in [0.4, 0.5) is 5.69 Å². The molecule has 8 N–H and O–H groups in total. The molecule has 1 aromatic heterocycles. The first-order valence-electron chi connectivity index (χ1n) is 11.7. The van der Waals surface area contributed by atoms with Gasteiger partial charge in [-0.3, -0.25) is 16.0 Å². The fourth-order valence-corrected chi connectivity index (χ4v) is 3.20. The maximum absolute atomic E-state index is 10.3. The van der Waals surface area contributed by atoms with Crippen LogP contribution in [0.1, 0.15) is 61.2 Å². The molecule has 0 fully saturated rings. The number of ether oxygens (including phenoxy) is 1. The molecule has 2 aromatic carbocycles. The summed E-state index contributed by atoms with van der Waals surface area (Å²) in [5, 5.41) is 28.7. The van der Waals surface area contributed by atoms with E-state index in [2.05, 4.69) is 5.32 Å². The van der Waals surface area contributed by atoms with Gasteiger partial charge in [-0.2, -0.15) is 0 Å². The summed E-state index contributed by atoms with van der Waals surface area (Å²) in [5.74, 6) is 0.631. The van der Waals surface area contributed by atoms with Gasteiger partial charge in [0, 0.05) is 46.1 Å². The van der Waals surface area contributed by atoms with Crippen LogP contribution in [0.2, 0.25) is 0 Å². The summed E-state index contributed by atoms with van der Waals surface area (Å²) in [6.07, 6.45) is 1.66. The van der Waals surface area contributed by atoms with Crippen LogP contribution in [0.15, 0.2) is 54.7 Å². The second-order valence-electron chi connectivity index (χ2n) is 7.29. The first kappa shape index (κ1) is 29.0. The zero-order chi connectivity index (χ0) is 26.5. The SMILES string of the molecule is CC.CC.Cc1c(CNc2ccc(C(=N)N)cc2)c[n+](O)c(C)c1OCc1cccc(C(=N)N)c1. The first-order valence-corrected chi connectivity index (χ1v) is 11.7. The molecule has 0 aliphatic rings. The lowest BCUT2D eigenvalue weighted by Crippen LogP contribution is -2.35. The average molecular weight is 480 g/mol. The van der Waals surface area contributed by atoms with E-state index in [-0.39, 0.29) is 18.3 Å². The molecule has 0 aliphatic heterocycles. The van der Waals surface area contributed by atoms with Crippen LogP contribution in [0.3, 0.4) is 0 Å². The summed E-state index contributed by atoms with van der Waals surface area (Å²) in [5.41, 5.74) is 16.5. The van der Waals surface area contributed by atoms with Crippen LogP contribution in [-0.4, -0.2) is 16.9 Å². The van der Waals surface area contributed by atoms with Gasteiger partial charge in [-0.1, -0.05) is 45.9 Å². The number of anilines is 1. The number of nitrogens with one attached hydrogen (secondary N) is 3. The predicted molar refractivity (Wildman–Crippen MR) is 143 cm³/mol. The largest absolute Gasteiger partial charge is 0.482 e. The molecule has 3 aromatic rings. The Balaban J connectivity index is 0.00000145. The first-order chi connectivity index (χ1) is 16.8. The van der Waals surface area contributed by atoms with Gasteiger partial charge in [-0.25, -0.2) is 0 Å². The number of amidine groups is 2. The Hall–Kier alpha value is -4.07. The molecular formula is C27H39N6O2+. The molecule has 35 heavy (non-hydrogen) atoms. The maximum Gasteiger partial charge on any atom is 0.272 e. The number of hydrogen-bond acceptors (Lipinski definition) is 5. The Morgan fingerprint density at radius 3 is 2.11 bits per heavy atom. The molecule has 0 atom stereocenters. The smallest absolute Gasteiger partial charge is 0.272 e. The lowest BCUT2D eigenvalue weighted by Gasteiger charge is -2.14. The van der Waals surface area contributed by atoms with E-state index in [1.165, 1.54) is 0 Å². The Bertz CT molecular complexity index is 1130. The van der Waals surface area contributed by atoms with E-state index >= 15 is 0 Å².